The molecule has 2 amide bonds. The molecule has 0 unspecified atom stereocenters. The summed E-state index contributed by atoms with van der Waals surface area (Å²) >= 11 is 0. The molecule has 5 nitrogen and oxygen atoms in total. The second-order valence-electron chi connectivity index (χ2n) is 6.54. The lowest BCUT2D eigenvalue weighted by Gasteiger charge is -2.27. The van der Waals surface area contributed by atoms with Crippen molar-refractivity contribution in [2.45, 2.75) is 39.8 Å². The molecule has 0 aliphatic heterocycles. The molecule has 1 heterocycles. The van der Waals surface area contributed by atoms with Gasteiger partial charge in [0, 0.05) is 13.6 Å². The van der Waals surface area contributed by atoms with E-state index in [1.165, 1.54) is 11.8 Å². The third kappa shape index (κ3) is 4.95. The number of rotatable bonds is 7. The molecule has 2 aromatic rings. The fraction of sp³-hybridized carbons (Fsp3) is 0.400. The van der Waals surface area contributed by atoms with Crippen LogP contribution in [0.5, 0.6) is 0 Å². The number of carbonyl (C=O) groups excluding carboxylic acids is 2. The third-order valence-corrected chi connectivity index (χ3v) is 4.19. The van der Waals surface area contributed by atoms with Gasteiger partial charge in [-0.15, -0.1) is 0 Å². The Morgan fingerprint density at radius 1 is 1.12 bits per heavy atom. The number of hydrogen-bond donors (Lipinski definition) is 1. The van der Waals surface area contributed by atoms with Crippen LogP contribution in [-0.4, -0.2) is 29.8 Å². The third-order valence-electron chi connectivity index (χ3n) is 4.19. The van der Waals surface area contributed by atoms with Gasteiger partial charge in [-0.3, -0.25) is 9.59 Å². The predicted molar refractivity (Wildman–Crippen MR) is 97.1 cm³/mol. The number of benzene rings is 1. The first kappa shape index (κ1) is 18.8. The Kier molecular flexibility index (Phi) is 6.39. The Bertz CT molecular complexity index is 690. The topological polar surface area (TPSA) is 62.6 Å². The Hall–Kier alpha value is -2.56. The number of likely N-dealkylation sites (N-methyl/N-ethyl adjacent to an activating group) is 1. The van der Waals surface area contributed by atoms with Gasteiger partial charge in [-0.1, -0.05) is 45.0 Å². The second-order valence-corrected chi connectivity index (χ2v) is 6.54. The van der Waals surface area contributed by atoms with E-state index in [1.807, 2.05) is 26.0 Å². The lowest BCUT2D eigenvalue weighted by atomic mass is 10.0. The molecule has 0 fully saturated rings. The molecule has 5 heteroatoms. The number of hydrogen-bond acceptors (Lipinski definition) is 3. The van der Waals surface area contributed by atoms with E-state index in [9.17, 15) is 9.59 Å². The minimum absolute atomic E-state index is 0.0312. The van der Waals surface area contributed by atoms with Crippen molar-refractivity contribution in [2.75, 3.05) is 7.05 Å². The van der Waals surface area contributed by atoms with Gasteiger partial charge in [-0.2, -0.15) is 0 Å². The molecule has 2 rings (SSSR count). The van der Waals surface area contributed by atoms with Crippen LogP contribution in [0.3, 0.4) is 0 Å². The van der Waals surface area contributed by atoms with Crippen LogP contribution < -0.4 is 5.32 Å². The van der Waals surface area contributed by atoms with E-state index in [1.54, 1.807) is 24.1 Å². The number of furan rings is 1. The summed E-state index contributed by atoms with van der Waals surface area (Å²) in [5, 5.41) is 2.78. The zero-order valence-corrected chi connectivity index (χ0v) is 15.3. The Morgan fingerprint density at radius 2 is 1.76 bits per heavy atom. The van der Waals surface area contributed by atoms with Crippen molar-refractivity contribution in [2.24, 2.45) is 5.92 Å². The van der Waals surface area contributed by atoms with Gasteiger partial charge in [0.15, 0.2) is 5.76 Å². The molecular formula is C20H26N2O3. The zero-order chi connectivity index (χ0) is 18.4. The van der Waals surface area contributed by atoms with Crippen molar-refractivity contribution in [1.82, 2.24) is 10.2 Å². The summed E-state index contributed by atoms with van der Waals surface area (Å²) in [6.45, 7) is 6.44. The highest BCUT2D eigenvalue weighted by Gasteiger charge is 2.28. The standard InChI is InChI=1S/C20H26N2O3/c1-5-15-8-10-16(11-9-15)13-22(4)20(24)18(14(2)3)21-19(23)17-7-6-12-25-17/h6-12,14,18H,5,13H2,1-4H3,(H,21,23)/t18-/m0/s1. The summed E-state index contributed by atoms with van der Waals surface area (Å²) in [5.74, 6) is -0.320. The van der Waals surface area contributed by atoms with Gasteiger partial charge in [0.25, 0.3) is 5.91 Å². The van der Waals surface area contributed by atoms with E-state index in [4.69, 9.17) is 4.42 Å². The highest BCUT2D eigenvalue weighted by molar-refractivity contribution is 5.95. The normalized spacial score (nSPS) is 12.0. The largest absolute Gasteiger partial charge is 0.459 e. The molecule has 1 atom stereocenters. The first-order valence-electron chi connectivity index (χ1n) is 8.59. The Morgan fingerprint density at radius 3 is 2.28 bits per heavy atom. The van der Waals surface area contributed by atoms with Crippen LogP contribution in [0.1, 0.15) is 42.5 Å². The lowest BCUT2D eigenvalue weighted by Crippen LogP contribution is -2.49. The molecular weight excluding hydrogens is 316 g/mol. The van der Waals surface area contributed by atoms with Crippen LogP contribution >= 0.6 is 0 Å². The summed E-state index contributed by atoms with van der Waals surface area (Å²) in [6, 6.07) is 10.8. The van der Waals surface area contributed by atoms with Gasteiger partial charge in [-0.05, 0) is 35.6 Å². The maximum absolute atomic E-state index is 12.8. The maximum atomic E-state index is 12.8. The monoisotopic (exact) mass is 342 g/mol. The number of carbonyl (C=O) groups is 2. The molecule has 1 aromatic carbocycles. The highest BCUT2D eigenvalue weighted by atomic mass is 16.3. The lowest BCUT2D eigenvalue weighted by molar-refractivity contribution is -0.133. The molecule has 0 aliphatic carbocycles. The van der Waals surface area contributed by atoms with Gasteiger partial charge < -0.3 is 14.6 Å². The highest BCUT2D eigenvalue weighted by Crippen LogP contribution is 2.12. The molecule has 1 N–H and O–H groups in total. The minimum Gasteiger partial charge on any atom is -0.459 e. The molecule has 0 saturated carbocycles. The zero-order valence-electron chi connectivity index (χ0n) is 15.3. The molecule has 0 spiro atoms. The quantitative estimate of drug-likeness (QED) is 0.840. The first-order valence-corrected chi connectivity index (χ1v) is 8.59. The molecule has 0 aliphatic rings. The summed E-state index contributed by atoms with van der Waals surface area (Å²) in [4.78, 5) is 26.6. The van der Waals surface area contributed by atoms with Crippen LogP contribution in [0.4, 0.5) is 0 Å². The number of nitrogens with zero attached hydrogens (tertiary/aromatic N) is 1. The minimum atomic E-state index is -0.600. The summed E-state index contributed by atoms with van der Waals surface area (Å²) in [7, 11) is 1.75. The van der Waals surface area contributed by atoms with E-state index < -0.39 is 6.04 Å². The van der Waals surface area contributed by atoms with Crippen molar-refractivity contribution in [1.29, 1.82) is 0 Å². The second kappa shape index (κ2) is 8.51. The average molecular weight is 342 g/mol. The first-order chi connectivity index (χ1) is 11.9. The fourth-order valence-electron chi connectivity index (χ4n) is 2.60. The van der Waals surface area contributed by atoms with Gasteiger partial charge in [0.1, 0.15) is 6.04 Å². The van der Waals surface area contributed by atoms with Gasteiger partial charge in [-0.25, -0.2) is 0 Å². The molecule has 0 saturated heterocycles. The SMILES string of the molecule is CCc1ccc(CN(C)C(=O)[C@@H](NC(=O)c2ccco2)C(C)C)cc1. The van der Waals surface area contributed by atoms with Crippen LogP contribution in [0, 0.1) is 5.92 Å². The summed E-state index contributed by atoms with van der Waals surface area (Å²) in [6.07, 6.45) is 2.43. The summed E-state index contributed by atoms with van der Waals surface area (Å²) in [5.41, 5.74) is 2.33. The maximum Gasteiger partial charge on any atom is 0.287 e. The van der Waals surface area contributed by atoms with Crippen LogP contribution in [0.25, 0.3) is 0 Å². The number of nitrogens with one attached hydrogen (secondary N) is 1. The predicted octanol–water partition coefficient (Wildman–Crippen LogP) is 3.26. The molecule has 1 aromatic heterocycles. The van der Waals surface area contributed by atoms with Gasteiger partial charge in [0.2, 0.25) is 5.91 Å². The number of aryl methyl sites for hydroxylation is 1. The molecule has 25 heavy (non-hydrogen) atoms. The average Bonchev–Trinajstić information content (AvgIpc) is 3.14. The van der Waals surface area contributed by atoms with E-state index >= 15 is 0 Å². The van der Waals surface area contributed by atoms with Crippen LogP contribution in [0.15, 0.2) is 47.1 Å². The van der Waals surface area contributed by atoms with Crippen molar-refractivity contribution >= 4 is 11.8 Å². The molecule has 134 valence electrons. The van der Waals surface area contributed by atoms with Gasteiger partial charge in [0.05, 0.1) is 6.26 Å². The number of amides is 2. The fourth-order valence-corrected chi connectivity index (χ4v) is 2.60. The van der Waals surface area contributed by atoms with Crippen molar-refractivity contribution in [3.8, 4) is 0 Å². The van der Waals surface area contributed by atoms with Crippen LogP contribution in [0.2, 0.25) is 0 Å². The molecule has 0 bridgehead atoms. The van der Waals surface area contributed by atoms with E-state index in [2.05, 4.69) is 24.4 Å². The van der Waals surface area contributed by atoms with E-state index in [-0.39, 0.29) is 23.5 Å². The van der Waals surface area contributed by atoms with Crippen molar-refractivity contribution in [3.05, 3.63) is 59.5 Å². The van der Waals surface area contributed by atoms with E-state index in [0.29, 0.717) is 6.54 Å². The van der Waals surface area contributed by atoms with Gasteiger partial charge >= 0.3 is 0 Å². The van der Waals surface area contributed by atoms with Crippen molar-refractivity contribution < 1.29 is 14.0 Å². The Balaban J connectivity index is 2.03. The Labute approximate surface area is 149 Å². The van der Waals surface area contributed by atoms with Crippen LogP contribution in [-0.2, 0) is 17.8 Å². The van der Waals surface area contributed by atoms with Crippen molar-refractivity contribution in [3.63, 3.8) is 0 Å². The smallest absolute Gasteiger partial charge is 0.287 e. The molecule has 0 radical (unpaired) electrons. The summed E-state index contributed by atoms with van der Waals surface area (Å²) < 4.78 is 5.10. The van der Waals surface area contributed by atoms with E-state index in [0.717, 1.165) is 12.0 Å².